The van der Waals surface area contributed by atoms with Gasteiger partial charge in [-0.15, -0.1) is 0 Å². The minimum Gasteiger partial charge on any atom is -0.397 e. The summed E-state index contributed by atoms with van der Waals surface area (Å²) >= 11 is 0. The maximum atomic E-state index is 12.4. The maximum Gasteiger partial charge on any atom is 0.258 e. The number of hydrogen-bond donors (Lipinski definition) is 2. The van der Waals surface area contributed by atoms with Crippen LogP contribution in [0, 0.1) is 6.92 Å². The molecule has 2 rings (SSSR count). The summed E-state index contributed by atoms with van der Waals surface area (Å²) in [4.78, 5) is 28.8. The van der Waals surface area contributed by atoms with E-state index in [-0.39, 0.29) is 22.9 Å². The van der Waals surface area contributed by atoms with E-state index in [1.165, 1.54) is 0 Å². The van der Waals surface area contributed by atoms with Crippen LogP contribution in [0.3, 0.4) is 0 Å². The molecule has 120 valence electrons. The summed E-state index contributed by atoms with van der Waals surface area (Å²) in [6.45, 7) is 3.87. The Balaban J connectivity index is 2.22. The number of anilines is 2. The summed E-state index contributed by atoms with van der Waals surface area (Å²) in [5, 5.41) is 2.71. The van der Waals surface area contributed by atoms with Gasteiger partial charge in [0.1, 0.15) is 5.82 Å². The number of nitrogen functional groups attached to an aromatic ring is 1. The molecule has 0 saturated carbocycles. The number of para-hydroxylation sites is 1. The first-order valence-electron chi connectivity index (χ1n) is 7.69. The van der Waals surface area contributed by atoms with Gasteiger partial charge in [-0.3, -0.25) is 9.59 Å². The molecule has 0 aliphatic carbocycles. The predicted octanol–water partition coefficient (Wildman–Crippen LogP) is 3.60. The van der Waals surface area contributed by atoms with Crippen LogP contribution in [-0.4, -0.2) is 16.7 Å². The molecule has 0 atom stereocenters. The van der Waals surface area contributed by atoms with Crippen LogP contribution in [0.4, 0.5) is 11.5 Å². The predicted molar refractivity (Wildman–Crippen MR) is 91.6 cm³/mol. The van der Waals surface area contributed by atoms with E-state index < -0.39 is 0 Å². The van der Waals surface area contributed by atoms with Gasteiger partial charge < -0.3 is 11.1 Å². The quantitative estimate of drug-likeness (QED) is 0.630. The van der Waals surface area contributed by atoms with Crippen molar-refractivity contribution in [1.29, 1.82) is 0 Å². The lowest BCUT2D eigenvalue weighted by Gasteiger charge is -2.10. The number of Topliss-reactive ketones (excluding diaryl/α,β-unsaturated/α-hetero) is 1. The Morgan fingerprint density at radius 3 is 2.52 bits per heavy atom. The molecule has 0 spiro atoms. The van der Waals surface area contributed by atoms with Crippen molar-refractivity contribution < 1.29 is 9.59 Å². The summed E-state index contributed by atoms with van der Waals surface area (Å²) in [5.74, 6) is 0.0514. The number of nitrogens with zero attached hydrogens (tertiary/aromatic N) is 1. The largest absolute Gasteiger partial charge is 0.397 e. The van der Waals surface area contributed by atoms with Gasteiger partial charge in [0.15, 0.2) is 5.78 Å². The minimum absolute atomic E-state index is 0.0346. The molecule has 5 nitrogen and oxygen atoms in total. The Morgan fingerprint density at radius 1 is 1.13 bits per heavy atom. The third-order valence-corrected chi connectivity index (χ3v) is 3.54. The van der Waals surface area contributed by atoms with E-state index in [0.29, 0.717) is 17.8 Å². The summed E-state index contributed by atoms with van der Waals surface area (Å²) in [6, 6.07) is 10.3. The molecule has 5 heteroatoms. The van der Waals surface area contributed by atoms with Gasteiger partial charge in [-0.2, -0.15) is 0 Å². The van der Waals surface area contributed by atoms with Crippen LogP contribution in [-0.2, 0) is 0 Å². The smallest absolute Gasteiger partial charge is 0.258 e. The molecule has 0 aliphatic rings. The Morgan fingerprint density at radius 2 is 1.83 bits per heavy atom. The highest BCUT2D eigenvalue weighted by Crippen LogP contribution is 2.21. The monoisotopic (exact) mass is 311 g/mol. The lowest BCUT2D eigenvalue weighted by Crippen LogP contribution is -2.17. The van der Waals surface area contributed by atoms with Gasteiger partial charge in [0, 0.05) is 17.7 Å². The van der Waals surface area contributed by atoms with E-state index in [9.17, 15) is 9.59 Å². The van der Waals surface area contributed by atoms with Crippen molar-refractivity contribution in [2.24, 2.45) is 0 Å². The van der Waals surface area contributed by atoms with E-state index in [0.717, 1.165) is 18.5 Å². The lowest BCUT2D eigenvalue weighted by atomic mass is 10.00. The first-order chi connectivity index (χ1) is 11.0. The topological polar surface area (TPSA) is 85.1 Å². The number of nitrogens with two attached hydrogens (primary N) is 1. The van der Waals surface area contributed by atoms with Gasteiger partial charge >= 0.3 is 0 Å². The van der Waals surface area contributed by atoms with Crippen molar-refractivity contribution >= 4 is 23.2 Å². The number of unbranched alkanes of at least 4 members (excludes halogenated alkanes) is 1. The van der Waals surface area contributed by atoms with Crippen molar-refractivity contribution in [3.05, 3.63) is 53.2 Å². The Hall–Kier alpha value is -2.69. The maximum absolute atomic E-state index is 12.4. The van der Waals surface area contributed by atoms with Gasteiger partial charge in [-0.1, -0.05) is 25.5 Å². The van der Waals surface area contributed by atoms with Crippen LogP contribution in [0.2, 0.25) is 0 Å². The normalized spacial score (nSPS) is 10.3. The number of rotatable bonds is 6. The number of ketones is 1. The number of benzene rings is 1. The van der Waals surface area contributed by atoms with Crippen LogP contribution >= 0.6 is 0 Å². The number of pyridine rings is 1. The second kappa shape index (κ2) is 7.54. The Labute approximate surface area is 135 Å². The highest BCUT2D eigenvalue weighted by molar-refractivity contribution is 6.11. The lowest BCUT2D eigenvalue weighted by molar-refractivity contribution is 0.0980. The number of nitrogens with one attached hydrogen (secondary N) is 1. The fraction of sp³-hybridized carbons (Fsp3) is 0.278. The van der Waals surface area contributed by atoms with Crippen molar-refractivity contribution in [1.82, 2.24) is 4.98 Å². The van der Waals surface area contributed by atoms with Crippen LogP contribution < -0.4 is 11.1 Å². The first kappa shape index (κ1) is 16.7. The van der Waals surface area contributed by atoms with Crippen LogP contribution in [0.1, 0.15) is 52.6 Å². The number of hydrogen-bond acceptors (Lipinski definition) is 4. The summed E-state index contributed by atoms with van der Waals surface area (Å²) in [5.41, 5.74) is 7.76. The second-order valence-corrected chi connectivity index (χ2v) is 5.41. The number of aromatic nitrogens is 1. The SMILES string of the molecule is CCCCC(=O)c1cccc(C(=O)Nc2cccc(C)n2)c1N. The first-order valence-corrected chi connectivity index (χ1v) is 7.69. The third kappa shape index (κ3) is 4.16. The molecular formula is C18H21N3O2. The minimum atomic E-state index is -0.370. The number of carbonyl (C=O) groups excluding carboxylic acids is 2. The van der Waals surface area contributed by atoms with Crippen LogP contribution in [0.15, 0.2) is 36.4 Å². The van der Waals surface area contributed by atoms with E-state index in [4.69, 9.17) is 5.73 Å². The molecule has 1 aromatic carbocycles. The molecule has 0 saturated heterocycles. The highest BCUT2D eigenvalue weighted by Gasteiger charge is 2.17. The number of carbonyl (C=O) groups is 2. The molecule has 0 fully saturated rings. The Kier molecular flexibility index (Phi) is 5.46. The van der Waals surface area contributed by atoms with Gasteiger partial charge in [-0.05, 0) is 37.6 Å². The molecule has 23 heavy (non-hydrogen) atoms. The zero-order chi connectivity index (χ0) is 16.8. The second-order valence-electron chi connectivity index (χ2n) is 5.41. The Bertz CT molecular complexity index is 726. The van der Waals surface area contributed by atoms with E-state index in [1.807, 2.05) is 26.0 Å². The molecule has 3 N–H and O–H groups in total. The van der Waals surface area contributed by atoms with Gasteiger partial charge in [0.2, 0.25) is 0 Å². The van der Waals surface area contributed by atoms with Crippen molar-refractivity contribution in [3.8, 4) is 0 Å². The molecule has 0 radical (unpaired) electrons. The van der Waals surface area contributed by atoms with Crippen LogP contribution in [0.5, 0.6) is 0 Å². The molecule has 1 aromatic heterocycles. The molecule has 0 unspecified atom stereocenters. The fourth-order valence-corrected chi connectivity index (χ4v) is 2.27. The number of aryl methyl sites for hydroxylation is 1. The van der Waals surface area contributed by atoms with Crippen molar-refractivity contribution in [3.63, 3.8) is 0 Å². The number of amides is 1. The third-order valence-electron chi connectivity index (χ3n) is 3.54. The van der Waals surface area contributed by atoms with Gasteiger partial charge in [-0.25, -0.2) is 4.98 Å². The molecule has 0 aliphatic heterocycles. The fourth-order valence-electron chi connectivity index (χ4n) is 2.27. The van der Waals surface area contributed by atoms with Gasteiger partial charge in [0.05, 0.1) is 11.3 Å². The molecule has 2 aromatic rings. The van der Waals surface area contributed by atoms with Gasteiger partial charge in [0.25, 0.3) is 5.91 Å². The molecule has 1 heterocycles. The zero-order valence-electron chi connectivity index (χ0n) is 13.4. The van der Waals surface area contributed by atoms with Crippen LogP contribution in [0.25, 0.3) is 0 Å². The summed E-state index contributed by atoms with van der Waals surface area (Å²) in [7, 11) is 0. The van der Waals surface area contributed by atoms with E-state index in [2.05, 4.69) is 10.3 Å². The van der Waals surface area contributed by atoms with Crippen molar-refractivity contribution in [2.75, 3.05) is 11.1 Å². The molecular weight excluding hydrogens is 290 g/mol. The van der Waals surface area contributed by atoms with E-state index in [1.54, 1.807) is 24.3 Å². The molecule has 1 amide bonds. The average Bonchev–Trinajstić information content (AvgIpc) is 2.52. The highest BCUT2D eigenvalue weighted by atomic mass is 16.1. The summed E-state index contributed by atoms with van der Waals surface area (Å²) in [6.07, 6.45) is 2.18. The zero-order valence-corrected chi connectivity index (χ0v) is 13.4. The summed E-state index contributed by atoms with van der Waals surface area (Å²) < 4.78 is 0. The standard InChI is InChI=1S/C18H21N3O2/c1-3-4-10-15(22)13-8-6-9-14(17(13)19)18(23)21-16-11-5-7-12(2)20-16/h5-9,11H,3-4,10,19H2,1-2H3,(H,20,21,23). The van der Waals surface area contributed by atoms with Crippen molar-refractivity contribution in [2.45, 2.75) is 33.1 Å². The average molecular weight is 311 g/mol. The molecule has 0 bridgehead atoms. The van der Waals surface area contributed by atoms with E-state index >= 15 is 0 Å².